The molecule has 0 bridgehead atoms. The summed E-state index contributed by atoms with van der Waals surface area (Å²) in [6.07, 6.45) is 5.53. The van der Waals surface area contributed by atoms with Gasteiger partial charge in [0.05, 0.1) is 11.0 Å². The molecular formula is C21H30N4O2. The van der Waals surface area contributed by atoms with Gasteiger partial charge in [0.25, 0.3) is 5.91 Å². The van der Waals surface area contributed by atoms with Crippen LogP contribution in [-0.2, 0) is 0 Å². The Morgan fingerprint density at radius 3 is 2.63 bits per heavy atom. The molecule has 1 aliphatic carbocycles. The molecule has 1 saturated carbocycles. The molecule has 1 aliphatic heterocycles. The molecule has 4 rings (SSSR count). The molecule has 1 atom stereocenters. The number of aromatic nitrogens is 2. The Kier molecular flexibility index (Phi) is 5.08. The van der Waals surface area contributed by atoms with Crippen LogP contribution >= 0.6 is 0 Å². The van der Waals surface area contributed by atoms with E-state index < -0.39 is 0 Å². The predicted molar refractivity (Wildman–Crippen MR) is 107 cm³/mol. The lowest BCUT2D eigenvalue weighted by molar-refractivity contribution is 0.0778. The average Bonchev–Trinajstić information content (AvgIpc) is 3.40. The van der Waals surface area contributed by atoms with E-state index in [1.807, 2.05) is 27.7 Å². The Balaban J connectivity index is 1.56. The van der Waals surface area contributed by atoms with Gasteiger partial charge in [-0.05, 0) is 50.6 Å². The van der Waals surface area contributed by atoms with Crippen molar-refractivity contribution in [1.82, 2.24) is 19.4 Å². The standard InChI is InChI=1S/C21H30N4O2/c1-3-23(4-2)17-11-12-24(14-17)20(26)15-9-10-19-18(13-15)22-21(27)25(19)16-7-5-6-8-16/h9-10,13,16-17H,3-8,11-12,14H2,1-2H3,(H,22,27). The van der Waals surface area contributed by atoms with Gasteiger partial charge >= 0.3 is 5.69 Å². The van der Waals surface area contributed by atoms with Crippen LogP contribution in [-0.4, -0.2) is 57.5 Å². The van der Waals surface area contributed by atoms with Crippen LogP contribution in [0.1, 0.15) is 62.4 Å². The first-order chi connectivity index (χ1) is 13.1. The number of benzene rings is 1. The van der Waals surface area contributed by atoms with Crippen molar-refractivity contribution in [3.8, 4) is 0 Å². The normalized spacial score (nSPS) is 21.0. The largest absolute Gasteiger partial charge is 0.337 e. The highest BCUT2D eigenvalue weighted by atomic mass is 16.2. The zero-order valence-corrected chi connectivity index (χ0v) is 16.4. The monoisotopic (exact) mass is 370 g/mol. The number of hydrogen-bond acceptors (Lipinski definition) is 3. The van der Waals surface area contributed by atoms with Crippen molar-refractivity contribution in [3.05, 3.63) is 34.2 Å². The smallest absolute Gasteiger partial charge is 0.326 e. The topological polar surface area (TPSA) is 61.3 Å². The molecule has 146 valence electrons. The third kappa shape index (κ3) is 3.31. The van der Waals surface area contributed by atoms with E-state index in [1.54, 1.807) is 0 Å². The molecule has 1 unspecified atom stereocenters. The van der Waals surface area contributed by atoms with Gasteiger partial charge in [0.1, 0.15) is 0 Å². The molecule has 27 heavy (non-hydrogen) atoms. The van der Waals surface area contributed by atoms with Crippen LogP contribution in [0.4, 0.5) is 0 Å². The Morgan fingerprint density at radius 2 is 1.93 bits per heavy atom. The van der Waals surface area contributed by atoms with Gasteiger partial charge in [-0.3, -0.25) is 14.3 Å². The van der Waals surface area contributed by atoms with Crippen LogP contribution < -0.4 is 5.69 Å². The maximum absolute atomic E-state index is 13.0. The number of carbonyl (C=O) groups is 1. The van der Waals surface area contributed by atoms with Gasteiger partial charge in [-0.1, -0.05) is 26.7 Å². The van der Waals surface area contributed by atoms with Gasteiger partial charge in [0.2, 0.25) is 0 Å². The summed E-state index contributed by atoms with van der Waals surface area (Å²) in [6.45, 7) is 7.98. The molecule has 6 heteroatoms. The molecule has 2 aromatic rings. The molecule has 0 radical (unpaired) electrons. The summed E-state index contributed by atoms with van der Waals surface area (Å²) in [4.78, 5) is 32.8. The zero-order valence-electron chi connectivity index (χ0n) is 16.4. The van der Waals surface area contributed by atoms with Crippen LogP contribution in [0.3, 0.4) is 0 Å². The molecular weight excluding hydrogens is 340 g/mol. The van der Waals surface area contributed by atoms with Gasteiger partial charge in [0.15, 0.2) is 0 Å². The Bertz CT molecular complexity index is 874. The summed E-state index contributed by atoms with van der Waals surface area (Å²) in [5.74, 6) is 0.0704. The van der Waals surface area contributed by atoms with Gasteiger partial charge in [-0.15, -0.1) is 0 Å². The summed E-state index contributed by atoms with van der Waals surface area (Å²) >= 11 is 0. The molecule has 1 amide bonds. The predicted octanol–water partition coefficient (Wildman–Crippen LogP) is 3.00. The number of likely N-dealkylation sites (N-methyl/N-ethyl adjacent to an activating group) is 1. The zero-order chi connectivity index (χ0) is 19.0. The van der Waals surface area contributed by atoms with Crippen molar-refractivity contribution in [3.63, 3.8) is 0 Å². The summed E-state index contributed by atoms with van der Waals surface area (Å²) < 4.78 is 1.89. The number of nitrogens with zero attached hydrogens (tertiary/aromatic N) is 3. The fourth-order valence-electron chi connectivity index (χ4n) is 4.94. The van der Waals surface area contributed by atoms with Crippen molar-refractivity contribution in [2.75, 3.05) is 26.2 Å². The highest BCUT2D eigenvalue weighted by Gasteiger charge is 2.30. The Labute approximate surface area is 160 Å². The molecule has 2 fully saturated rings. The minimum atomic E-state index is -0.0516. The lowest BCUT2D eigenvalue weighted by Crippen LogP contribution is -2.38. The third-order valence-electron chi connectivity index (χ3n) is 6.43. The second-order valence-corrected chi connectivity index (χ2v) is 7.89. The summed E-state index contributed by atoms with van der Waals surface area (Å²) in [5, 5.41) is 0. The van der Waals surface area contributed by atoms with Crippen molar-refractivity contribution < 1.29 is 4.79 Å². The van der Waals surface area contributed by atoms with E-state index >= 15 is 0 Å². The van der Waals surface area contributed by atoms with E-state index in [0.29, 0.717) is 17.6 Å². The first-order valence-corrected chi connectivity index (χ1v) is 10.4. The SMILES string of the molecule is CCN(CC)C1CCN(C(=O)c2ccc3c(c2)[nH]c(=O)n3C2CCCC2)C1. The van der Waals surface area contributed by atoms with Crippen LogP contribution in [0.15, 0.2) is 23.0 Å². The highest BCUT2D eigenvalue weighted by Crippen LogP contribution is 2.31. The van der Waals surface area contributed by atoms with E-state index in [0.717, 1.165) is 56.5 Å². The molecule has 1 N–H and O–H groups in total. The molecule has 2 heterocycles. The number of imidazole rings is 1. The number of carbonyl (C=O) groups excluding carboxylic acids is 1. The number of likely N-dealkylation sites (tertiary alicyclic amines) is 1. The van der Waals surface area contributed by atoms with Crippen molar-refractivity contribution in [1.29, 1.82) is 0 Å². The number of amides is 1. The first kappa shape index (κ1) is 18.3. The first-order valence-electron chi connectivity index (χ1n) is 10.4. The minimum Gasteiger partial charge on any atom is -0.337 e. The van der Waals surface area contributed by atoms with Crippen LogP contribution in [0, 0.1) is 0 Å². The third-order valence-corrected chi connectivity index (χ3v) is 6.43. The number of fused-ring (bicyclic) bond motifs is 1. The molecule has 1 aromatic carbocycles. The van der Waals surface area contributed by atoms with Gasteiger partial charge in [-0.2, -0.15) is 0 Å². The van der Waals surface area contributed by atoms with E-state index in [4.69, 9.17) is 0 Å². The number of nitrogens with one attached hydrogen (secondary N) is 1. The Hall–Kier alpha value is -2.08. The van der Waals surface area contributed by atoms with Crippen molar-refractivity contribution in [2.24, 2.45) is 0 Å². The lowest BCUT2D eigenvalue weighted by atomic mass is 10.1. The van der Waals surface area contributed by atoms with E-state index in [2.05, 4.69) is 23.7 Å². The second-order valence-electron chi connectivity index (χ2n) is 7.89. The number of H-pyrrole nitrogens is 1. The van der Waals surface area contributed by atoms with Crippen LogP contribution in [0.2, 0.25) is 0 Å². The molecule has 1 saturated heterocycles. The summed E-state index contributed by atoms with van der Waals surface area (Å²) in [6, 6.07) is 6.43. The van der Waals surface area contributed by atoms with Crippen molar-refractivity contribution in [2.45, 2.75) is 58.0 Å². The van der Waals surface area contributed by atoms with Crippen LogP contribution in [0.25, 0.3) is 11.0 Å². The minimum absolute atomic E-state index is 0.0516. The average molecular weight is 370 g/mol. The molecule has 0 spiro atoms. The lowest BCUT2D eigenvalue weighted by Gasteiger charge is -2.26. The van der Waals surface area contributed by atoms with Crippen LogP contribution in [0.5, 0.6) is 0 Å². The van der Waals surface area contributed by atoms with Gasteiger partial charge in [0, 0.05) is 30.7 Å². The number of hydrogen-bond donors (Lipinski definition) is 1. The second kappa shape index (κ2) is 7.50. The van der Waals surface area contributed by atoms with E-state index in [-0.39, 0.29) is 11.6 Å². The van der Waals surface area contributed by atoms with E-state index in [1.165, 1.54) is 12.8 Å². The number of rotatable bonds is 5. The molecule has 2 aliphatic rings. The van der Waals surface area contributed by atoms with Crippen molar-refractivity contribution >= 4 is 16.9 Å². The molecule has 6 nitrogen and oxygen atoms in total. The Morgan fingerprint density at radius 1 is 1.19 bits per heavy atom. The summed E-state index contributed by atoms with van der Waals surface area (Å²) in [5.41, 5.74) is 2.31. The summed E-state index contributed by atoms with van der Waals surface area (Å²) in [7, 11) is 0. The highest BCUT2D eigenvalue weighted by molar-refractivity contribution is 5.97. The van der Waals surface area contributed by atoms with E-state index in [9.17, 15) is 9.59 Å². The number of aromatic amines is 1. The fourth-order valence-corrected chi connectivity index (χ4v) is 4.94. The van der Waals surface area contributed by atoms with Gasteiger partial charge in [-0.25, -0.2) is 4.79 Å². The maximum atomic E-state index is 13.0. The van der Waals surface area contributed by atoms with Gasteiger partial charge < -0.3 is 9.88 Å². The quantitative estimate of drug-likeness (QED) is 0.880. The fraction of sp³-hybridized carbons (Fsp3) is 0.619. The maximum Gasteiger partial charge on any atom is 0.326 e. The molecule has 1 aromatic heterocycles.